The number of fused-ring (bicyclic) bond motifs is 1. The van der Waals surface area contributed by atoms with E-state index in [2.05, 4.69) is 26.2 Å². The lowest BCUT2D eigenvalue weighted by Crippen LogP contribution is -2.35. The molecule has 3 aromatic rings. The molecule has 6 heteroatoms. The van der Waals surface area contributed by atoms with E-state index in [0.29, 0.717) is 5.56 Å². The van der Waals surface area contributed by atoms with Gasteiger partial charge >= 0.3 is 5.97 Å². The Morgan fingerprint density at radius 2 is 1.80 bits per heavy atom. The third kappa shape index (κ3) is 3.69. The maximum atomic E-state index is 12.7. The highest BCUT2D eigenvalue weighted by Gasteiger charge is 2.25. The van der Waals surface area contributed by atoms with E-state index < -0.39 is 17.9 Å². The number of halogens is 1. The van der Waals surface area contributed by atoms with Crippen LogP contribution >= 0.6 is 15.9 Å². The first-order chi connectivity index (χ1) is 12.1. The molecule has 1 unspecified atom stereocenters. The van der Waals surface area contributed by atoms with E-state index in [0.717, 1.165) is 15.2 Å². The molecular formula is C19H15BrN2O3. The Morgan fingerprint density at radius 3 is 2.52 bits per heavy atom. The lowest BCUT2D eigenvalue weighted by atomic mass is 10.1. The molecule has 0 radical (unpaired) electrons. The molecule has 5 nitrogen and oxygen atoms in total. The van der Waals surface area contributed by atoms with Crippen LogP contribution in [0.2, 0.25) is 0 Å². The summed E-state index contributed by atoms with van der Waals surface area (Å²) in [5.74, 6) is -0.981. The summed E-state index contributed by atoms with van der Waals surface area (Å²) >= 11 is 3.35. The van der Waals surface area contributed by atoms with Crippen LogP contribution in [0, 0.1) is 0 Å². The van der Waals surface area contributed by atoms with Gasteiger partial charge in [0.25, 0.3) is 5.91 Å². The predicted molar refractivity (Wildman–Crippen MR) is 98.1 cm³/mol. The van der Waals surface area contributed by atoms with E-state index in [4.69, 9.17) is 4.74 Å². The highest BCUT2D eigenvalue weighted by Crippen LogP contribution is 2.21. The Kier molecular flexibility index (Phi) is 5.09. The number of pyridine rings is 1. The predicted octanol–water partition coefficient (Wildman–Crippen LogP) is 3.64. The van der Waals surface area contributed by atoms with Gasteiger partial charge in [0.2, 0.25) is 0 Å². The van der Waals surface area contributed by atoms with Gasteiger partial charge in [0.15, 0.2) is 6.04 Å². The van der Waals surface area contributed by atoms with Crippen molar-refractivity contribution in [2.45, 2.75) is 6.04 Å². The molecule has 0 fully saturated rings. The second kappa shape index (κ2) is 7.44. The molecule has 1 N–H and O–H groups in total. The summed E-state index contributed by atoms with van der Waals surface area (Å²) in [7, 11) is 1.29. The van der Waals surface area contributed by atoms with Crippen LogP contribution in [-0.2, 0) is 9.53 Å². The summed E-state index contributed by atoms with van der Waals surface area (Å²) in [5, 5.41) is 4.35. The van der Waals surface area contributed by atoms with Crippen molar-refractivity contribution in [3.63, 3.8) is 0 Å². The normalized spacial score (nSPS) is 11.8. The van der Waals surface area contributed by atoms with Crippen molar-refractivity contribution in [1.29, 1.82) is 0 Å². The molecule has 0 saturated carbocycles. The summed E-state index contributed by atoms with van der Waals surface area (Å²) in [6.45, 7) is 0. The molecule has 1 amide bonds. The van der Waals surface area contributed by atoms with Crippen LogP contribution in [0.3, 0.4) is 0 Å². The standard InChI is InChI=1S/C19H15BrN2O3/c1-25-19(24)16(13-6-8-14(20)9-7-13)22-18(23)17-15-5-3-2-4-12(15)10-11-21-17/h2-11,16H,1H3,(H,22,23). The van der Waals surface area contributed by atoms with E-state index in [9.17, 15) is 9.59 Å². The fourth-order valence-corrected chi connectivity index (χ4v) is 2.82. The number of hydrogen-bond acceptors (Lipinski definition) is 4. The second-order valence-electron chi connectivity index (χ2n) is 5.36. The van der Waals surface area contributed by atoms with Crippen molar-refractivity contribution in [3.05, 3.63) is 76.5 Å². The van der Waals surface area contributed by atoms with Crippen molar-refractivity contribution in [1.82, 2.24) is 10.3 Å². The Labute approximate surface area is 153 Å². The van der Waals surface area contributed by atoms with Gasteiger partial charge in [-0.3, -0.25) is 9.78 Å². The van der Waals surface area contributed by atoms with Gasteiger partial charge in [0.1, 0.15) is 5.69 Å². The van der Waals surface area contributed by atoms with Crippen molar-refractivity contribution in [2.24, 2.45) is 0 Å². The van der Waals surface area contributed by atoms with Crippen LogP contribution in [-0.4, -0.2) is 24.0 Å². The molecule has 0 aliphatic heterocycles. The minimum absolute atomic E-state index is 0.268. The molecule has 0 bridgehead atoms. The second-order valence-corrected chi connectivity index (χ2v) is 6.28. The van der Waals surface area contributed by atoms with Gasteiger partial charge in [-0.2, -0.15) is 0 Å². The van der Waals surface area contributed by atoms with Crippen molar-refractivity contribution in [2.75, 3.05) is 7.11 Å². The number of nitrogens with one attached hydrogen (secondary N) is 1. The van der Waals surface area contributed by atoms with Gasteiger partial charge < -0.3 is 10.1 Å². The smallest absolute Gasteiger partial charge is 0.333 e. The number of carbonyl (C=O) groups excluding carboxylic acids is 2. The molecule has 1 aromatic heterocycles. The van der Waals surface area contributed by atoms with E-state index in [1.807, 2.05) is 30.3 Å². The first kappa shape index (κ1) is 17.1. The number of hydrogen-bond donors (Lipinski definition) is 1. The van der Waals surface area contributed by atoms with Crippen LogP contribution in [0.1, 0.15) is 22.1 Å². The SMILES string of the molecule is COC(=O)C(NC(=O)c1nccc2ccccc12)c1ccc(Br)cc1. The zero-order valence-corrected chi connectivity index (χ0v) is 15.0. The summed E-state index contributed by atoms with van der Waals surface area (Å²) < 4.78 is 5.71. The average Bonchev–Trinajstić information content (AvgIpc) is 2.65. The Balaban J connectivity index is 1.94. The first-order valence-electron chi connectivity index (χ1n) is 7.58. The van der Waals surface area contributed by atoms with Gasteiger partial charge in [-0.25, -0.2) is 4.79 Å². The number of ether oxygens (including phenoxy) is 1. The number of methoxy groups -OCH3 is 1. The van der Waals surface area contributed by atoms with Crippen LogP contribution in [0.4, 0.5) is 0 Å². The lowest BCUT2D eigenvalue weighted by molar-refractivity contribution is -0.143. The van der Waals surface area contributed by atoms with Crippen molar-refractivity contribution >= 4 is 38.6 Å². The number of amides is 1. The maximum absolute atomic E-state index is 12.7. The summed E-state index contributed by atoms with van der Waals surface area (Å²) in [5.41, 5.74) is 0.896. The van der Waals surface area contributed by atoms with Gasteiger partial charge in [-0.05, 0) is 29.1 Å². The highest BCUT2D eigenvalue weighted by molar-refractivity contribution is 9.10. The number of esters is 1. The molecule has 0 aliphatic rings. The Bertz CT molecular complexity index is 920. The minimum Gasteiger partial charge on any atom is -0.467 e. The fraction of sp³-hybridized carbons (Fsp3) is 0.105. The highest BCUT2D eigenvalue weighted by atomic mass is 79.9. The van der Waals surface area contributed by atoms with Crippen LogP contribution in [0.15, 0.2) is 65.3 Å². The number of aromatic nitrogens is 1. The van der Waals surface area contributed by atoms with Crippen molar-refractivity contribution in [3.8, 4) is 0 Å². The van der Waals surface area contributed by atoms with E-state index in [1.165, 1.54) is 7.11 Å². The molecule has 3 rings (SSSR count). The quantitative estimate of drug-likeness (QED) is 0.681. The molecule has 1 heterocycles. The maximum Gasteiger partial charge on any atom is 0.333 e. The van der Waals surface area contributed by atoms with E-state index in [-0.39, 0.29) is 5.69 Å². The molecule has 25 heavy (non-hydrogen) atoms. The van der Waals surface area contributed by atoms with Gasteiger partial charge in [0.05, 0.1) is 7.11 Å². The van der Waals surface area contributed by atoms with Gasteiger partial charge in [0, 0.05) is 16.1 Å². The van der Waals surface area contributed by atoms with E-state index in [1.54, 1.807) is 30.5 Å². The fourth-order valence-electron chi connectivity index (χ4n) is 2.55. The van der Waals surface area contributed by atoms with Crippen molar-refractivity contribution < 1.29 is 14.3 Å². The topological polar surface area (TPSA) is 68.3 Å². The molecule has 2 aromatic carbocycles. The summed E-state index contributed by atoms with van der Waals surface area (Å²) in [4.78, 5) is 29.1. The minimum atomic E-state index is -0.911. The number of benzene rings is 2. The molecule has 0 aliphatic carbocycles. The molecule has 126 valence electrons. The van der Waals surface area contributed by atoms with E-state index >= 15 is 0 Å². The zero-order valence-electron chi connectivity index (χ0n) is 13.4. The summed E-state index contributed by atoms with van der Waals surface area (Å²) in [6, 6.07) is 15.5. The molecular weight excluding hydrogens is 384 g/mol. The first-order valence-corrected chi connectivity index (χ1v) is 8.37. The monoisotopic (exact) mass is 398 g/mol. The Hall–Kier alpha value is -2.73. The zero-order chi connectivity index (χ0) is 17.8. The Morgan fingerprint density at radius 1 is 1.08 bits per heavy atom. The number of carbonyl (C=O) groups is 2. The molecule has 0 saturated heterocycles. The lowest BCUT2D eigenvalue weighted by Gasteiger charge is -2.17. The third-order valence-electron chi connectivity index (χ3n) is 3.80. The van der Waals surface area contributed by atoms with Gasteiger partial charge in [-0.15, -0.1) is 0 Å². The van der Waals surface area contributed by atoms with Crippen LogP contribution in [0.5, 0.6) is 0 Å². The number of rotatable bonds is 4. The van der Waals surface area contributed by atoms with Crippen LogP contribution in [0.25, 0.3) is 10.8 Å². The largest absolute Gasteiger partial charge is 0.467 e. The average molecular weight is 399 g/mol. The molecule has 0 spiro atoms. The molecule has 1 atom stereocenters. The van der Waals surface area contributed by atoms with Crippen LogP contribution < -0.4 is 5.32 Å². The van der Waals surface area contributed by atoms with Gasteiger partial charge in [-0.1, -0.05) is 52.3 Å². The summed E-state index contributed by atoms with van der Waals surface area (Å²) in [6.07, 6.45) is 1.57. The third-order valence-corrected chi connectivity index (χ3v) is 4.33. The number of nitrogens with zero attached hydrogens (tertiary/aromatic N) is 1.